The molecule has 0 aromatic heterocycles. The Bertz CT molecular complexity index is 150. The lowest BCUT2D eigenvalue weighted by atomic mass is 10.2. The number of hydrogen-bond donors (Lipinski definition) is 0. The van der Waals surface area contributed by atoms with E-state index in [1.807, 2.05) is 18.8 Å². The van der Waals surface area contributed by atoms with Crippen molar-refractivity contribution in [3.8, 4) is 0 Å². The molecule has 0 radical (unpaired) electrons. The van der Waals surface area contributed by atoms with Crippen molar-refractivity contribution >= 4 is 16.8 Å². The maximum Gasteiger partial charge on any atom is 0.0700 e. The minimum absolute atomic E-state index is 0.571. The fraction of sp³-hybridized carbons (Fsp3) is 0.900. The Hall–Kier alpha value is 0.0200. The first kappa shape index (κ1) is 12.0. The summed E-state index contributed by atoms with van der Waals surface area (Å²) >= 11 is 1.91. The highest BCUT2D eigenvalue weighted by Gasteiger charge is 2.13. The maximum atomic E-state index is 4.29. The van der Waals surface area contributed by atoms with Crippen molar-refractivity contribution in [1.82, 2.24) is 0 Å². The molecule has 1 unspecified atom stereocenters. The van der Waals surface area contributed by atoms with Crippen LogP contribution in [0.3, 0.4) is 0 Å². The van der Waals surface area contributed by atoms with Gasteiger partial charge in [0.1, 0.15) is 0 Å². The number of rotatable bonds is 3. The third kappa shape index (κ3) is 4.15. The van der Waals surface area contributed by atoms with Crippen LogP contribution in [-0.4, -0.2) is 17.3 Å². The second kappa shape index (κ2) is 5.63. The van der Waals surface area contributed by atoms with Crippen LogP contribution in [0.5, 0.6) is 0 Å². The summed E-state index contributed by atoms with van der Waals surface area (Å²) in [7, 11) is 1.88. The molecule has 0 bridgehead atoms. The number of nitrogens with zero attached hydrogens (tertiary/aromatic N) is 1. The predicted octanol–water partition coefficient (Wildman–Crippen LogP) is 3.45. The second-order valence-electron chi connectivity index (χ2n) is 3.78. The van der Waals surface area contributed by atoms with Crippen molar-refractivity contribution in [2.45, 2.75) is 39.9 Å². The van der Waals surface area contributed by atoms with E-state index in [9.17, 15) is 0 Å². The normalized spacial score (nSPS) is 15.8. The SMILES string of the molecule is C/N=C(\SC(C)C(C)C)C(C)C. The Balaban J connectivity index is 4.05. The van der Waals surface area contributed by atoms with Gasteiger partial charge in [0.2, 0.25) is 0 Å². The van der Waals surface area contributed by atoms with E-state index in [4.69, 9.17) is 0 Å². The summed E-state index contributed by atoms with van der Waals surface area (Å²) in [6, 6.07) is 0. The van der Waals surface area contributed by atoms with Gasteiger partial charge in [-0.1, -0.05) is 34.6 Å². The van der Waals surface area contributed by atoms with Crippen molar-refractivity contribution in [1.29, 1.82) is 0 Å². The largest absolute Gasteiger partial charge is 0.286 e. The third-order valence-corrected chi connectivity index (χ3v) is 3.77. The topological polar surface area (TPSA) is 12.4 Å². The summed E-state index contributed by atoms with van der Waals surface area (Å²) in [5, 5.41) is 1.95. The van der Waals surface area contributed by atoms with Crippen LogP contribution in [0, 0.1) is 11.8 Å². The van der Waals surface area contributed by atoms with Gasteiger partial charge in [-0.25, -0.2) is 0 Å². The molecule has 2 heteroatoms. The zero-order chi connectivity index (χ0) is 9.72. The Labute approximate surface area is 81.0 Å². The van der Waals surface area contributed by atoms with Gasteiger partial charge < -0.3 is 0 Å². The number of hydrogen-bond acceptors (Lipinski definition) is 2. The van der Waals surface area contributed by atoms with E-state index in [0.29, 0.717) is 11.2 Å². The van der Waals surface area contributed by atoms with Gasteiger partial charge in [-0.3, -0.25) is 4.99 Å². The molecule has 0 aliphatic heterocycles. The lowest BCUT2D eigenvalue weighted by Crippen LogP contribution is -2.13. The minimum Gasteiger partial charge on any atom is -0.286 e. The van der Waals surface area contributed by atoms with Gasteiger partial charge in [0.05, 0.1) is 5.04 Å². The van der Waals surface area contributed by atoms with Crippen molar-refractivity contribution < 1.29 is 0 Å². The first-order chi connectivity index (χ1) is 5.49. The molecule has 0 aliphatic rings. The van der Waals surface area contributed by atoms with Crippen molar-refractivity contribution in [3.05, 3.63) is 0 Å². The van der Waals surface area contributed by atoms with Gasteiger partial charge in [0, 0.05) is 18.2 Å². The smallest absolute Gasteiger partial charge is 0.0700 e. The van der Waals surface area contributed by atoms with Gasteiger partial charge in [-0.15, -0.1) is 11.8 Å². The molecule has 0 aromatic rings. The minimum atomic E-state index is 0.571. The lowest BCUT2D eigenvalue weighted by Gasteiger charge is -2.17. The molecule has 0 aliphatic carbocycles. The van der Waals surface area contributed by atoms with Gasteiger partial charge in [-0.2, -0.15) is 0 Å². The van der Waals surface area contributed by atoms with Gasteiger partial charge in [0.25, 0.3) is 0 Å². The summed E-state index contributed by atoms with van der Waals surface area (Å²) < 4.78 is 0. The molecule has 1 atom stereocenters. The quantitative estimate of drug-likeness (QED) is 0.487. The fourth-order valence-corrected chi connectivity index (χ4v) is 1.80. The predicted molar refractivity (Wildman–Crippen MR) is 60.1 cm³/mol. The van der Waals surface area contributed by atoms with E-state index in [-0.39, 0.29) is 0 Å². The molecule has 0 saturated carbocycles. The maximum absolute atomic E-state index is 4.29. The van der Waals surface area contributed by atoms with E-state index < -0.39 is 0 Å². The Morgan fingerprint density at radius 1 is 1.08 bits per heavy atom. The third-order valence-electron chi connectivity index (χ3n) is 1.96. The molecular formula is C10H21NS. The first-order valence-corrected chi connectivity index (χ1v) is 5.50. The average molecular weight is 187 g/mol. The summed E-state index contributed by atoms with van der Waals surface area (Å²) in [6.07, 6.45) is 0. The highest BCUT2D eigenvalue weighted by Crippen LogP contribution is 2.23. The summed E-state index contributed by atoms with van der Waals surface area (Å²) in [4.78, 5) is 4.29. The van der Waals surface area contributed by atoms with Crippen molar-refractivity contribution in [2.24, 2.45) is 16.8 Å². The van der Waals surface area contributed by atoms with Gasteiger partial charge in [-0.05, 0) is 5.92 Å². The van der Waals surface area contributed by atoms with Gasteiger partial charge >= 0.3 is 0 Å². The van der Waals surface area contributed by atoms with E-state index >= 15 is 0 Å². The van der Waals surface area contributed by atoms with Crippen LogP contribution in [0.25, 0.3) is 0 Å². The summed E-state index contributed by atoms with van der Waals surface area (Å²) in [5.74, 6) is 1.30. The Morgan fingerprint density at radius 2 is 1.58 bits per heavy atom. The zero-order valence-corrected chi connectivity index (χ0v) is 9.90. The second-order valence-corrected chi connectivity index (χ2v) is 5.18. The molecule has 0 heterocycles. The molecule has 0 saturated heterocycles. The number of aliphatic imine (C=N–C) groups is 1. The molecule has 0 fully saturated rings. The van der Waals surface area contributed by atoms with Crippen LogP contribution in [0.2, 0.25) is 0 Å². The average Bonchev–Trinajstić information content (AvgIpc) is 1.98. The van der Waals surface area contributed by atoms with E-state index in [1.165, 1.54) is 5.04 Å². The van der Waals surface area contributed by atoms with Crippen LogP contribution in [-0.2, 0) is 0 Å². The fourth-order valence-electron chi connectivity index (χ4n) is 0.774. The molecule has 0 aromatic carbocycles. The van der Waals surface area contributed by atoms with Crippen LogP contribution >= 0.6 is 11.8 Å². The molecule has 12 heavy (non-hydrogen) atoms. The monoisotopic (exact) mass is 187 g/mol. The standard InChI is InChI=1S/C10H21NS/c1-7(2)9(5)12-10(11-6)8(3)4/h7-9H,1-6H3/b11-10-. The Kier molecular flexibility index (Phi) is 5.64. The molecular weight excluding hydrogens is 166 g/mol. The van der Waals surface area contributed by atoms with Gasteiger partial charge in [0.15, 0.2) is 0 Å². The Morgan fingerprint density at radius 3 is 1.83 bits per heavy atom. The number of thioether (sulfide) groups is 1. The molecule has 1 nitrogen and oxygen atoms in total. The van der Waals surface area contributed by atoms with E-state index in [2.05, 4.69) is 39.6 Å². The van der Waals surface area contributed by atoms with Crippen molar-refractivity contribution in [2.75, 3.05) is 7.05 Å². The summed E-state index contributed by atoms with van der Waals surface area (Å²) in [5.41, 5.74) is 0. The highest BCUT2D eigenvalue weighted by atomic mass is 32.2. The molecule has 72 valence electrons. The van der Waals surface area contributed by atoms with Crippen LogP contribution in [0.4, 0.5) is 0 Å². The molecule has 0 spiro atoms. The lowest BCUT2D eigenvalue weighted by molar-refractivity contribution is 0.644. The molecule has 0 rings (SSSR count). The van der Waals surface area contributed by atoms with Crippen LogP contribution in [0.1, 0.15) is 34.6 Å². The zero-order valence-electron chi connectivity index (χ0n) is 9.09. The van der Waals surface area contributed by atoms with E-state index in [0.717, 1.165) is 5.92 Å². The highest BCUT2D eigenvalue weighted by molar-refractivity contribution is 8.14. The van der Waals surface area contributed by atoms with Crippen molar-refractivity contribution in [3.63, 3.8) is 0 Å². The van der Waals surface area contributed by atoms with Crippen LogP contribution in [0.15, 0.2) is 4.99 Å². The first-order valence-electron chi connectivity index (χ1n) is 4.62. The van der Waals surface area contributed by atoms with E-state index in [1.54, 1.807) is 0 Å². The molecule has 0 amide bonds. The van der Waals surface area contributed by atoms with Crippen LogP contribution < -0.4 is 0 Å². The summed E-state index contributed by atoms with van der Waals surface area (Å²) in [6.45, 7) is 11.2. The molecule has 0 N–H and O–H groups in total.